The summed E-state index contributed by atoms with van der Waals surface area (Å²) < 4.78 is 2.04. The zero-order chi connectivity index (χ0) is 13.1. The van der Waals surface area contributed by atoms with Crippen molar-refractivity contribution in [3.63, 3.8) is 0 Å². The van der Waals surface area contributed by atoms with Gasteiger partial charge >= 0.3 is 0 Å². The normalized spacial score (nSPS) is 10.8. The zero-order valence-electron chi connectivity index (χ0n) is 11.1. The van der Waals surface area contributed by atoms with Crippen molar-refractivity contribution < 1.29 is 4.79 Å². The number of hydrogen-bond acceptors (Lipinski definition) is 2. The second-order valence-electron chi connectivity index (χ2n) is 4.38. The van der Waals surface area contributed by atoms with E-state index in [2.05, 4.69) is 11.4 Å². The number of amides is 1. The molecule has 1 aromatic carbocycles. The minimum absolute atomic E-state index is 0.0770. The first kappa shape index (κ1) is 12.6. The third-order valence-electron chi connectivity index (χ3n) is 3.14. The summed E-state index contributed by atoms with van der Waals surface area (Å²) in [6.45, 7) is 3.16. The molecule has 4 nitrogen and oxygen atoms in total. The average molecular weight is 245 g/mol. The smallest absolute Gasteiger partial charge is 0.240 e. The van der Waals surface area contributed by atoms with Gasteiger partial charge in [-0.3, -0.25) is 4.79 Å². The highest BCUT2D eigenvalue weighted by Crippen LogP contribution is 2.27. The molecule has 0 radical (unpaired) electrons. The number of carbonyl (C=O) groups is 1. The highest BCUT2D eigenvalue weighted by molar-refractivity contribution is 6.03. The number of nitrogens with one attached hydrogen (secondary N) is 1. The Labute approximate surface area is 107 Å². The summed E-state index contributed by atoms with van der Waals surface area (Å²) in [5, 5.41) is 4.16. The van der Waals surface area contributed by atoms with E-state index in [9.17, 15) is 4.79 Å². The van der Waals surface area contributed by atoms with E-state index in [0.717, 1.165) is 23.1 Å². The molecule has 0 unspecified atom stereocenters. The molecule has 1 heterocycles. The Bertz CT molecular complexity index is 559. The minimum atomic E-state index is 0.0770. The first-order valence-corrected chi connectivity index (χ1v) is 6.16. The zero-order valence-corrected chi connectivity index (χ0v) is 11.1. The van der Waals surface area contributed by atoms with Crippen LogP contribution in [0.2, 0.25) is 0 Å². The van der Waals surface area contributed by atoms with Gasteiger partial charge < -0.3 is 14.8 Å². The first-order valence-electron chi connectivity index (χ1n) is 6.16. The number of nitrogens with zero attached hydrogens (tertiary/aromatic N) is 2. The van der Waals surface area contributed by atoms with Crippen molar-refractivity contribution >= 4 is 22.5 Å². The number of rotatable bonds is 4. The van der Waals surface area contributed by atoms with Crippen molar-refractivity contribution in [2.75, 3.05) is 25.0 Å². The number of aromatic nitrogens is 1. The van der Waals surface area contributed by atoms with Gasteiger partial charge in [-0.25, -0.2) is 0 Å². The fourth-order valence-corrected chi connectivity index (χ4v) is 2.07. The van der Waals surface area contributed by atoms with Crippen LogP contribution < -0.4 is 10.2 Å². The van der Waals surface area contributed by atoms with Crippen molar-refractivity contribution in [3.8, 4) is 0 Å². The molecular weight excluding hydrogens is 226 g/mol. The van der Waals surface area contributed by atoms with Crippen molar-refractivity contribution in [2.24, 2.45) is 7.05 Å². The van der Waals surface area contributed by atoms with Crippen molar-refractivity contribution in [1.29, 1.82) is 0 Å². The molecule has 2 aromatic rings. The van der Waals surface area contributed by atoms with E-state index >= 15 is 0 Å². The van der Waals surface area contributed by atoms with Gasteiger partial charge in [0.15, 0.2) is 0 Å². The summed E-state index contributed by atoms with van der Waals surface area (Å²) >= 11 is 0. The number of carbonyl (C=O) groups excluding carboxylic acids is 1. The van der Waals surface area contributed by atoms with Crippen LogP contribution in [0.15, 0.2) is 30.5 Å². The van der Waals surface area contributed by atoms with E-state index < -0.39 is 0 Å². The van der Waals surface area contributed by atoms with Crippen LogP contribution in [0.25, 0.3) is 10.9 Å². The molecule has 0 spiro atoms. The molecule has 0 saturated carbocycles. The van der Waals surface area contributed by atoms with Crippen molar-refractivity contribution in [3.05, 3.63) is 30.5 Å². The Morgan fingerprint density at radius 3 is 2.83 bits per heavy atom. The lowest BCUT2D eigenvalue weighted by Gasteiger charge is -2.16. The Morgan fingerprint density at radius 2 is 2.11 bits per heavy atom. The Hall–Kier alpha value is -1.81. The number of fused-ring (bicyclic) bond motifs is 1. The average Bonchev–Trinajstić information content (AvgIpc) is 2.73. The number of benzene rings is 1. The van der Waals surface area contributed by atoms with E-state index in [4.69, 9.17) is 0 Å². The topological polar surface area (TPSA) is 37.3 Å². The standard InChI is InChI=1S/C14H19N3O/c1-4-15-9-14(18)17(3)13-10-16(2)12-8-6-5-7-11(12)13/h5-8,10,15H,4,9H2,1-3H3. The quantitative estimate of drug-likeness (QED) is 0.891. The molecule has 0 atom stereocenters. The fraction of sp³-hybridized carbons (Fsp3) is 0.357. The Balaban J connectivity index is 2.33. The molecule has 0 bridgehead atoms. The summed E-state index contributed by atoms with van der Waals surface area (Å²) in [6.07, 6.45) is 1.99. The van der Waals surface area contributed by atoms with Crippen LogP contribution in [0.5, 0.6) is 0 Å². The molecule has 1 aromatic heterocycles. The molecule has 4 heteroatoms. The molecule has 0 aliphatic heterocycles. The molecule has 96 valence electrons. The maximum absolute atomic E-state index is 12.0. The summed E-state index contributed by atoms with van der Waals surface area (Å²) in [5.41, 5.74) is 2.09. The second-order valence-corrected chi connectivity index (χ2v) is 4.38. The van der Waals surface area contributed by atoms with Crippen molar-refractivity contribution in [2.45, 2.75) is 6.92 Å². The van der Waals surface area contributed by atoms with Gasteiger partial charge in [-0.1, -0.05) is 25.1 Å². The van der Waals surface area contributed by atoms with Gasteiger partial charge in [0.2, 0.25) is 5.91 Å². The number of anilines is 1. The summed E-state index contributed by atoms with van der Waals surface area (Å²) in [5.74, 6) is 0.0770. The predicted octanol–water partition coefficient (Wildman–Crippen LogP) is 1.75. The largest absolute Gasteiger partial charge is 0.348 e. The molecule has 0 saturated heterocycles. The second kappa shape index (κ2) is 5.23. The number of aryl methyl sites for hydroxylation is 1. The number of likely N-dealkylation sites (N-methyl/N-ethyl adjacent to an activating group) is 2. The lowest BCUT2D eigenvalue weighted by molar-refractivity contribution is -0.117. The van der Waals surface area contributed by atoms with Crippen LogP contribution in [-0.2, 0) is 11.8 Å². The monoisotopic (exact) mass is 245 g/mol. The number of hydrogen-bond donors (Lipinski definition) is 1. The predicted molar refractivity (Wildman–Crippen MR) is 74.9 cm³/mol. The molecular formula is C14H19N3O. The van der Waals surface area contributed by atoms with Gasteiger partial charge in [0.25, 0.3) is 0 Å². The molecule has 0 fully saturated rings. The third-order valence-corrected chi connectivity index (χ3v) is 3.14. The van der Waals surface area contributed by atoms with Gasteiger partial charge in [0.1, 0.15) is 0 Å². The SMILES string of the molecule is CCNCC(=O)N(C)c1cn(C)c2ccccc12. The molecule has 2 rings (SSSR count). The Kier molecular flexibility index (Phi) is 3.67. The van der Waals surface area contributed by atoms with Gasteiger partial charge in [-0.15, -0.1) is 0 Å². The van der Waals surface area contributed by atoms with E-state index in [-0.39, 0.29) is 5.91 Å². The summed E-state index contributed by atoms with van der Waals surface area (Å²) in [4.78, 5) is 13.7. The van der Waals surface area contributed by atoms with Crippen LogP contribution in [0.1, 0.15) is 6.92 Å². The van der Waals surface area contributed by atoms with E-state index in [0.29, 0.717) is 6.54 Å². The lowest BCUT2D eigenvalue weighted by Crippen LogP contribution is -2.35. The van der Waals surface area contributed by atoms with Crippen LogP contribution in [0.3, 0.4) is 0 Å². The van der Waals surface area contributed by atoms with Crippen molar-refractivity contribution in [1.82, 2.24) is 9.88 Å². The van der Waals surface area contributed by atoms with E-state index in [1.165, 1.54) is 0 Å². The maximum atomic E-state index is 12.0. The van der Waals surface area contributed by atoms with Crippen LogP contribution in [0.4, 0.5) is 5.69 Å². The van der Waals surface area contributed by atoms with E-state index in [1.54, 1.807) is 4.90 Å². The lowest BCUT2D eigenvalue weighted by atomic mass is 10.2. The molecule has 0 aliphatic rings. The fourth-order valence-electron chi connectivity index (χ4n) is 2.07. The molecule has 18 heavy (non-hydrogen) atoms. The van der Waals surface area contributed by atoms with Gasteiger partial charge in [-0.05, 0) is 12.6 Å². The van der Waals surface area contributed by atoms with Crippen LogP contribution in [-0.4, -0.2) is 30.6 Å². The summed E-state index contributed by atoms with van der Waals surface area (Å²) in [6, 6.07) is 8.10. The minimum Gasteiger partial charge on any atom is -0.348 e. The highest BCUT2D eigenvalue weighted by Gasteiger charge is 2.15. The maximum Gasteiger partial charge on any atom is 0.240 e. The number of para-hydroxylation sites is 1. The molecule has 0 aliphatic carbocycles. The van der Waals surface area contributed by atoms with Gasteiger partial charge in [-0.2, -0.15) is 0 Å². The van der Waals surface area contributed by atoms with E-state index in [1.807, 2.05) is 50.0 Å². The molecule has 1 amide bonds. The van der Waals surface area contributed by atoms with Crippen LogP contribution >= 0.6 is 0 Å². The van der Waals surface area contributed by atoms with Gasteiger partial charge in [0, 0.05) is 31.2 Å². The molecule has 1 N–H and O–H groups in total. The Morgan fingerprint density at radius 1 is 1.39 bits per heavy atom. The summed E-state index contributed by atoms with van der Waals surface area (Å²) in [7, 11) is 3.82. The first-order chi connectivity index (χ1) is 8.65. The highest BCUT2D eigenvalue weighted by atomic mass is 16.2. The van der Waals surface area contributed by atoms with Crippen LogP contribution in [0, 0.1) is 0 Å². The van der Waals surface area contributed by atoms with Gasteiger partial charge in [0.05, 0.1) is 12.2 Å². The third kappa shape index (κ3) is 2.24.